The fraction of sp³-hybridized carbons (Fsp3) is 0.239. The van der Waals surface area contributed by atoms with Crippen molar-refractivity contribution in [1.29, 1.82) is 0 Å². The van der Waals surface area contributed by atoms with E-state index in [0.717, 1.165) is 75.3 Å². The smallest absolute Gasteiger partial charge is 0.412 e. The maximum Gasteiger partial charge on any atom is 0.462 e. The van der Waals surface area contributed by atoms with Gasteiger partial charge in [-0.15, -0.1) is 0 Å². The van der Waals surface area contributed by atoms with Crippen LogP contribution in [0.15, 0.2) is 182 Å². The Morgan fingerprint density at radius 3 is 0.931 bits per heavy atom. The van der Waals surface area contributed by atoms with Crippen molar-refractivity contribution in [2.75, 3.05) is 0 Å². The lowest BCUT2D eigenvalue weighted by Gasteiger charge is -2.34. The average molecular weight is 1230 g/mol. The van der Waals surface area contributed by atoms with Gasteiger partial charge in [-0.1, -0.05) is 150 Å². The van der Waals surface area contributed by atoms with Gasteiger partial charge in [-0.2, -0.15) is 0 Å². The van der Waals surface area contributed by atoms with E-state index in [1.807, 2.05) is 48.5 Å². The molecule has 9 aromatic carbocycles. The summed E-state index contributed by atoms with van der Waals surface area (Å²) in [4.78, 5) is 0. The first kappa shape index (κ1) is 55.9. The summed E-state index contributed by atoms with van der Waals surface area (Å²) >= 11 is 0. The highest BCUT2D eigenvalue weighted by atomic mass is 31.2. The molecule has 87 heavy (non-hydrogen) atoms. The Kier molecular flexibility index (Phi) is 14.0. The Hall–Kier alpha value is -7.70. The number of rotatable bonds is 14. The highest BCUT2D eigenvalue weighted by molar-refractivity contribution is 7.64. The van der Waals surface area contributed by atoms with Crippen LogP contribution in [-0.4, -0.2) is 0 Å². The van der Waals surface area contributed by atoms with Crippen LogP contribution in [0.4, 0.5) is 0 Å². The van der Waals surface area contributed by atoms with Crippen molar-refractivity contribution < 1.29 is 54.5 Å². The Balaban J connectivity index is 0.976. The van der Waals surface area contributed by atoms with E-state index in [-0.39, 0.29) is 93.0 Å². The first-order valence-corrected chi connectivity index (χ1v) is 36.5. The van der Waals surface area contributed by atoms with E-state index in [9.17, 15) is 0 Å². The SMILES string of the molecule is CCCCCCC1(CCCCCC)c2ccccc2-c2ccc(P3(=O)Oc4cc5c6cc4Cc4cc7c(cc4O3)OP(=O)(c3ccccc3)Oc3cc4c(cc3C7)Cc3cc(c(cc3OP(=O)(c3ccccc3)O4)OP(=O)(c3ccccc3)O5)C6)cc21. The first-order chi connectivity index (χ1) is 42.3. The Morgan fingerprint density at radius 1 is 0.299 bits per heavy atom. The molecule has 12 nitrogen and oxygen atoms in total. The maximum atomic E-state index is 17.0. The molecule has 8 bridgehead atoms. The molecule has 4 heterocycles. The predicted molar refractivity (Wildman–Crippen MR) is 340 cm³/mol. The van der Waals surface area contributed by atoms with Gasteiger partial charge in [0, 0.05) is 55.4 Å². The zero-order valence-electron chi connectivity index (χ0n) is 48.4. The van der Waals surface area contributed by atoms with Crippen molar-refractivity contribution in [1.82, 2.24) is 0 Å². The Labute approximate surface area is 507 Å². The van der Waals surface area contributed by atoms with E-state index in [4.69, 9.17) is 36.2 Å². The van der Waals surface area contributed by atoms with Crippen LogP contribution >= 0.6 is 30.4 Å². The van der Waals surface area contributed by atoms with E-state index in [2.05, 4.69) is 50.2 Å². The van der Waals surface area contributed by atoms with E-state index < -0.39 is 30.4 Å². The molecule has 0 fully saturated rings. The maximum absolute atomic E-state index is 17.0. The van der Waals surface area contributed by atoms with Crippen LogP contribution < -0.4 is 57.4 Å². The van der Waals surface area contributed by atoms with Gasteiger partial charge in [0.05, 0.1) is 21.2 Å². The summed E-state index contributed by atoms with van der Waals surface area (Å²) in [5.41, 5.74) is 9.55. The molecule has 15 rings (SSSR count). The van der Waals surface area contributed by atoms with Crippen molar-refractivity contribution in [3.63, 3.8) is 0 Å². The second kappa shape index (κ2) is 21.9. The zero-order chi connectivity index (χ0) is 59.1. The molecule has 2 atom stereocenters. The molecule has 16 heteroatoms. The highest BCUT2D eigenvalue weighted by Crippen LogP contribution is 2.62. The fourth-order valence-electron chi connectivity index (χ4n) is 13.6. The molecule has 440 valence electrons. The first-order valence-electron chi connectivity index (χ1n) is 30.3. The molecule has 2 unspecified atom stereocenters. The van der Waals surface area contributed by atoms with Crippen LogP contribution in [0, 0.1) is 0 Å². The lowest BCUT2D eigenvalue weighted by molar-refractivity contribution is 0.379. The van der Waals surface area contributed by atoms with Gasteiger partial charge in [0.2, 0.25) is 0 Å². The molecule has 0 saturated carbocycles. The van der Waals surface area contributed by atoms with Gasteiger partial charge in [0.1, 0.15) is 46.0 Å². The van der Waals surface area contributed by atoms with Crippen LogP contribution in [0.3, 0.4) is 0 Å². The third-order valence-corrected chi connectivity index (χ3v) is 25.1. The molecule has 0 radical (unpaired) electrons. The summed E-state index contributed by atoms with van der Waals surface area (Å²) in [7, 11) is -17.7. The van der Waals surface area contributed by atoms with E-state index in [1.54, 1.807) is 97.1 Å². The molecule has 0 aromatic heterocycles. The van der Waals surface area contributed by atoms with Crippen molar-refractivity contribution in [3.8, 4) is 57.1 Å². The van der Waals surface area contributed by atoms with Gasteiger partial charge in [-0.3, -0.25) is 0 Å². The second-order valence-corrected chi connectivity index (χ2v) is 31.2. The lowest BCUT2D eigenvalue weighted by atomic mass is 9.70. The van der Waals surface area contributed by atoms with Gasteiger partial charge in [-0.25, -0.2) is 18.3 Å². The third kappa shape index (κ3) is 9.93. The van der Waals surface area contributed by atoms with Crippen LogP contribution in [-0.2, 0) is 49.4 Å². The standard InChI is InChI=1S/C71H64O12P4/c1-3-5-7-20-32-71(33-21-8-6-4-2)61-29-19-18-28-59(61)60-31-30-58(42-62(60)71)87(75)82-69-45-67-51-37-49-35-47-34-48-36-50-38-52-40-54(41-53(69)39-51)70(83-87)46-68(52)81-86(74,57-26-16-11-17-27-57)79-66(50)44-64(48)77-84(72,55-22-12-9-13-23-55)76-63(47)43-65(49)78-85(73,80-67)56-24-14-10-15-25-56/h9-19,22-31,35-36,39-40,42-46H,3-8,20-21,32-34,37-38,41H2,1-2H3. The monoisotopic (exact) mass is 1230 g/mol. The highest BCUT2D eigenvalue weighted by Gasteiger charge is 2.47. The van der Waals surface area contributed by atoms with Crippen LogP contribution in [0.25, 0.3) is 11.1 Å². The summed E-state index contributed by atoms with van der Waals surface area (Å²) in [6.45, 7) is 4.47. The van der Waals surface area contributed by atoms with E-state index in [0.29, 0.717) is 49.8 Å². The number of fused-ring (bicyclic) bond motifs is 3. The minimum Gasteiger partial charge on any atom is -0.412 e. The zero-order valence-corrected chi connectivity index (χ0v) is 52.0. The summed E-state index contributed by atoms with van der Waals surface area (Å²) in [5, 5.41) is 1.19. The van der Waals surface area contributed by atoms with Gasteiger partial charge >= 0.3 is 30.4 Å². The predicted octanol–water partition coefficient (Wildman–Crippen LogP) is 17.7. The quantitative estimate of drug-likeness (QED) is 0.0755. The van der Waals surface area contributed by atoms with Crippen molar-refractivity contribution >= 4 is 51.6 Å². The molecular formula is C71H64O12P4. The number of benzene rings is 9. The van der Waals surface area contributed by atoms with Crippen molar-refractivity contribution in [2.24, 2.45) is 0 Å². The summed E-state index contributed by atoms with van der Waals surface area (Å²) in [6, 6.07) is 55.4. The van der Waals surface area contributed by atoms with Gasteiger partial charge in [-0.05, 0) is 152 Å². The minimum absolute atomic E-state index is 0.198. The third-order valence-electron chi connectivity index (χ3n) is 17.9. The second-order valence-electron chi connectivity index (χ2n) is 23.7. The average Bonchev–Trinajstić information content (AvgIpc) is 1.69. The largest absolute Gasteiger partial charge is 0.462 e. The van der Waals surface area contributed by atoms with E-state index in [1.165, 1.54) is 11.1 Å². The van der Waals surface area contributed by atoms with Crippen LogP contribution in [0.1, 0.15) is 134 Å². The molecule has 0 spiro atoms. The molecule has 0 saturated heterocycles. The minimum atomic E-state index is -4.56. The molecule has 4 aliphatic heterocycles. The number of unbranched alkanes of at least 4 members (excludes halogenated alkanes) is 6. The van der Waals surface area contributed by atoms with Crippen molar-refractivity contribution in [3.05, 3.63) is 238 Å². The van der Waals surface area contributed by atoms with Crippen LogP contribution in [0.5, 0.6) is 46.0 Å². The molecule has 0 amide bonds. The van der Waals surface area contributed by atoms with Gasteiger partial charge in [0.25, 0.3) is 0 Å². The normalized spacial score (nSPS) is 21.8. The lowest BCUT2D eigenvalue weighted by Crippen LogP contribution is -2.27. The van der Waals surface area contributed by atoms with Crippen molar-refractivity contribution in [2.45, 2.75) is 109 Å². The molecule has 6 aliphatic rings. The molecular weight excluding hydrogens is 1170 g/mol. The van der Waals surface area contributed by atoms with Gasteiger partial charge in [0.15, 0.2) is 0 Å². The summed E-state index contributed by atoms with van der Waals surface area (Å²) in [6.07, 6.45) is 11.5. The Bertz CT molecular complexity index is 4230. The van der Waals surface area contributed by atoms with Crippen LogP contribution in [0.2, 0.25) is 0 Å². The number of hydrogen-bond donors (Lipinski definition) is 0. The summed E-state index contributed by atoms with van der Waals surface area (Å²) < 4.78 is 119. The number of hydrogen-bond acceptors (Lipinski definition) is 12. The van der Waals surface area contributed by atoms with E-state index >= 15 is 18.3 Å². The van der Waals surface area contributed by atoms with Gasteiger partial charge < -0.3 is 36.2 Å². The molecule has 0 N–H and O–H groups in total. The fourth-order valence-corrected chi connectivity index (χ4v) is 20.2. The Morgan fingerprint density at radius 2 is 0.598 bits per heavy atom. The topological polar surface area (TPSA) is 142 Å². The summed E-state index contributed by atoms with van der Waals surface area (Å²) in [5.74, 6) is 1.64. The molecule has 9 aromatic rings. The molecule has 2 aliphatic carbocycles.